The summed E-state index contributed by atoms with van der Waals surface area (Å²) in [6, 6.07) is 4.35. The highest BCUT2D eigenvalue weighted by molar-refractivity contribution is 14.1. The first-order chi connectivity index (χ1) is 5.41. The van der Waals surface area contributed by atoms with Crippen molar-refractivity contribution in [3.05, 3.63) is 26.8 Å². The highest BCUT2D eigenvalue weighted by Gasteiger charge is 2.08. The Hall–Kier alpha value is 0.150. The molecule has 0 heterocycles. The van der Waals surface area contributed by atoms with E-state index < -0.39 is 10.0 Å². The number of sulfonamides is 1. The van der Waals surface area contributed by atoms with Crippen molar-refractivity contribution in [3.8, 4) is 0 Å². The van der Waals surface area contributed by atoms with Crippen LogP contribution in [0.25, 0.3) is 0 Å². The highest BCUT2D eigenvalue weighted by Crippen LogP contribution is 2.21. The summed E-state index contributed by atoms with van der Waals surface area (Å²) in [5, 5.41) is 5.28. The second-order valence-electron chi connectivity index (χ2n) is 2.12. The monoisotopic (exact) mass is 317 g/mol. The summed E-state index contributed by atoms with van der Waals surface area (Å²) in [6.45, 7) is 0. The molecule has 0 unspecified atom stereocenters. The van der Waals surface area contributed by atoms with Crippen LogP contribution in [-0.4, -0.2) is 8.42 Å². The van der Waals surface area contributed by atoms with Crippen LogP contribution in [0.1, 0.15) is 0 Å². The van der Waals surface area contributed by atoms with Crippen LogP contribution in [-0.2, 0) is 10.0 Å². The number of halogens is 2. The molecule has 2 N–H and O–H groups in total. The topological polar surface area (TPSA) is 60.2 Å². The number of hydrogen-bond donors (Lipinski definition) is 1. The molecule has 0 aliphatic heterocycles. The zero-order valence-electron chi connectivity index (χ0n) is 5.79. The third-order valence-corrected chi connectivity index (χ3v) is 3.70. The number of rotatable bonds is 1. The van der Waals surface area contributed by atoms with Crippen LogP contribution in [0.5, 0.6) is 0 Å². The minimum absolute atomic E-state index is 0.0351. The van der Waals surface area contributed by atoms with Crippen LogP contribution in [0.4, 0.5) is 0 Å². The summed E-state index contributed by atoms with van der Waals surface area (Å²) in [5.41, 5.74) is 0. The van der Waals surface area contributed by atoms with Gasteiger partial charge in [-0.1, -0.05) is 11.6 Å². The highest BCUT2D eigenvalue weighted by atomic mass is 127. The summed E-state index contributed by atoms with van der Waals surface area (Å²) in [6.07, 6.45) is 0. The summed E-state index contributed by atoms with van der Waals surface area (Å²) in [7, 11) is -3.63. The molecule has 3 nitrogen and oxygen atoms in total. The number of hydrogen-bond acceptors (Lipinski definition) is 2. The average molecular weight is 318 g/mol. The van der Waals surface area contributed by atoms with Crippen LogP contribution in [0.3, 0.4) is 0 Å². The summed E-state index contributed by atoms with van der Waals surface area (Å²) >= 11 is 7.69. The zero-order chi connectivity index (χ0) is 9.35. The molecule has 6 heteroatoms. The van der Waals surface area contributed by atoms with Crippen LogP contribution in [0.15, 0.2) is 23.1 Å². The van der Waals surface area contributed by atoms with Crippen molar-refractivity contribution in [1.82, 2.24) is 0 Å². The molecule has 0 aliphatic carbocycles. The van der Waals surface area contributed by atoms with E-state index in [9.17, 15) is 8.42 Å². The van der Waals surface area contributed by atoms with Crippen LogP contribution >= 0.6 is 34.2 Å². The van der Waals surface area contributed by atoms with Gasteiger partial charge in [0, 0.05) is 3.57 Å². The Bertz CT molecular complexity index is 404. The normalized spacial score (nSPS) is 11.6. The maximum absolute atomic E-state index is 10.8. The van der Waals surface area contributed by atoms with E-state index in [1.807, 2.05) is 22.6 Å². The van der Waals surface area contributed by atoms with Crippen LogP contribution < -0.4 is 5.14 Å². The average Bonchev–Trinajstić information content (AvgIpc) is 1.92. The van der Waals surface area contributed by atoms with Gasteiger partial charge < -0.3 is 0 Å². The molecular formula is C6H5ClINO2S. The van der Waals surface area contributed by atoms with E-state index in [0.717, 1.165) is 3.57 Å². The SMILES string of the molecule is NS(=O)(=O)c1ccc(I)c(Cl)c1. The Kier molecular flexibility index (Phi) is 2.97. The predicted molar refractivity (Wildman–Crippen MR) is 55.5 cm³/mol. The Morgan fingerprint density at radius 3 is 2.42 bits per heavy atom. The number of primary sulfonamides is 1. The largest absolute Gasteiger partial charge is 0.238 e. The maximum atomic E-state index is 10.8. The molecule has 66 valence electrons. The fourth-order valence-electron chi connectivity index (χ4n) is 0.654. The Labute approximate surface area is 89.1 Å². The molecule has 0 saturated carbocycles. The van der Waals surface area contributed by atoms with Gasteiger partial charge in [-0.25, -0.2) is 13.6 Å². The minimum atomic E-state index is -3.63. The van der Waals surface area contributed by atoms with E-state index in [-0.39, 0.29) is 4.90 Å². The molecule has 1 aromatic rings. The summed E-state index contributed by atoms with van der Waals surface area (Å²) in [4.78, 5) is 0.0351. The van der Waals surface area contributed by atoms with Crippen molar-refractivity contribution in [3.63, 3.8) is 0 Å². The van der Waals surface area contributed by atoms with Gasteiger partial charge in [0.05, 0.1) is 9.92 Å². The van der Waals surface area contributed by atoms with Gasteiger partial charge in [0.2, 0.25) is 10.0 Å². The molecule has 0 radical (unpaired) electrons. The third-order valence-electron chi connectivity index (χ3n) is 1.22. The molecule has 0 bridgehead atoms. The molecule has 0 amide bonds. The van der Waals surface area contributed by atoms with E-state index in [1.54, 1.807) is 6.07 Å². The van der Waals surface area contributed by atoms with Gasteiger partial charge in [-0.3, -0.25) is 0 Å². The van der Waals surface area contributed by atoms with E-state index in [2.05, 4.69) is 0 Å². The Morgan fingerprint density at radius 2 is 2.00 bits per heavy atom. The van der Waals surface area contributed by atoms with Crippen molar-refractivity contribution < 1.29 is 8.42 Å². The lowest BCUT2D eigenvalue weighted by atomic mass is 10.4. The Balaban J connectivity index is 3.33. The standard InChI is InChI=1S/C6H5ClINO2S/c7-5-3-4(12(9,10)11)1-2-6(5)8/h1-3H,(H2,9,10,11). The van der Waals surface area contributed by atoms with E-state index >= 15 is 0 Å². The molecule has 1 aromatic carbocycles. The summed E-state index contributed by atoms with van der Waals surface area (Å²) in [5.74, 6) is 0. The van der Waals surface area contributed by atoms with Gasteiger partial charge >= 0.3 is 0 Å². The van der Waals surface area contributed by atoms with Gasteiger partial charge in [-0.05, 0) is 40.8 Å². The lowest BCUT2D eigenvalue weighted by molar-refractivity contribution is 0.598. The van der Waals surface area contributed by atoms with Crippen molar-refractivity contribution in [2.24, 2.45) is 5.14 Å². The predicted octanol–water partition coefficient (Wildman–Crippen LogP) is 1.59. The lowest BCUT2D eigenvalue weighted by Gasteiger charge is -1.99. The molecule has 0 aliphatic rings. The molecule has 0 fully saturated rings. The molecule has 0 aromatic heterocycles. The first-order valence-electron chi connectivity index (χ1n) is 2.89. The third kappa shape index (κ3) is 2.32. The van der Waals surface area contributed by atoms with Crippen molar-refractivity contribution in [2.45, 2.75) is 4.90 Å². The summed E-state index contributed by atoms with van der Waals surface area (Å²) < 4.78 is 22.4. The number of benzene rings is 1. The van der Waals surface area contributed by atoms with Gasteiger partial charge in [0.15, 0.2) is 0 Å². The zero-order valence-corrected chi connectivity index (χ0v) is 9.52. The molecule has 0 spiro atoms. The van der Waals surface area contributed by atoms with Gasteiger partial charge in [-0.2, -0.15) is 0 Å². The molecule has 0 atom stereocenters. The smallest absolute Gasteiger partial charge is 0.225 e. The maximum Gasteiger partial charge on any atom is 0.238 e. The second-order valence-corrected chi connectivity index (χ2v) is 5.25. The van der Waals surface area contributed by atoms with E-state index in [1.165, 1.54) is 12.1 Å². The van der Waals surface area contributed by atoms with Gasteiger partial charge in [-0.15, -0.1) is 0 Å². The molecule has 1 rings (SSSR count). The lowest BCUT2D eigenvalue weighted by Crippen LogP contribution is -2.11. The van der Waals surface area contributed by atoms with Crippen LogP contribution in [0.2, 0.25) is 5.02 Å². The van der Waals surface area contributed by atoms with E-state index in [0.29, 0.717) is 5.02 Å². The van der Waals surface area contributed by atoms with Crippen molar-refractivity contribution in [2.75, 3.05) is 0 Å². The molecule has 12 heavy (non-hydrogen) atoms. The second kappa shape index (κ2) is 3.49. The fraction of sp³-hybridized carbons (Fsp3) is 0. The first-order valence-corrected chi connectivity index (χ1v) is 5.89. The minimum Gasteiger partial charge on any atom is -0.225 e. The van der Waals surface area contributed by atoms with Gasteiger partial charge in [0.25, 0.3) is 0 Å². The molecule has 0 saturated heterocycles. The quantitative estimate of drug-likeness (QED) is 0.800. The van der Waals surface area contributed by atoms with Crippen molar-refractivity contribution >= 4 is 44.2 Å². The first kappa shape index (κ1) is 10.2. The van der Waals surface area contributed by atoms with Gasteiger partial charge in [0.1, 0.15) is 0 Å². The van der Waals surface area contributed by atoms with E-state index in [4.69, 9.17) is 16.7 Å². The molecular weight excluding hydrogens is 312 g/mol. The Morgan fingerprint density at radius 1 is 1.42 bits per heavy atom. The van der Waals surface area contributed by atoms with Crippen LogP contribution in [0, 0.1) is 3.57 Å². The fourth-order valence-corrected chi connectivity index (χ4v) is 1.77. The number of nitrogens with two attached hydrogens (primary N) is 1. The van der Waals surface area contributed by atoms with Crippen molar-refractivity contribution in [1.29, 1.82) is 0 Å².